The van der Waals surface area contributed by atoms with Crippen LogP contribution >= 0.6 is 0 Å². The van der Waals surface area contributed by atoms with Gasteiger partial charge in [-0.25, -0.2) is 0 Å². The molecule has 0 atom stereocenters. The lowest BCUT2D eigenvalue weighted by Gasteiger charge is -2.03. The Morgan fingerprint density at radius 3 is 1.83 bits per heavy atom. The molecule has 0 aromatic heterocycles. The molecule has 0 amide bonds. The Morgan fingerprint density at radius 1 is 0.944 bits per heavy atom. The summed E-state index contributed by atoms with van der Waals surface area (Å²) in [5.74, 6) is 0. The SMILES string of the molecule is CC.CC.CC/C=C(C)\C(C)=C/CB1OCCO1. The van der Waals surface area contributed by atoms with Gasteiger partial charge in [-0.2, -0.15) is 0 Å². The normalized spacial score (nSPS) is 15.6. The molecule has 18 heavy (non-hydrogen) atoms. The Balaban J connectivity index is 0. The lowest BCUT2D eigenvalue weighted by atomic mass is 9.84. The van der Waals surface area contributed by atoms with Gasteiger partial charge in [0.15, 0.2) is 0 Å². The molecule has 0 aromatic carbocycles. The van der Waals surface area contributed by atoms with Gasteiger partial charge in [0.1, 0.15) is 0 Å². The van der Waals surface area contributed by atoms with E-state index in [1.165, 1.54) is 11.1 Å². The van der Waals surface area contributed by atoms with Crippen LogP contribution in [0.25, 0.3) is 0 Å². The average Bonchev–Trinajstić information content (AvgIpc) is 2.94. The number of rotatable bonds is 4. The third-order valence-electron chi connectivity index (χ3n) is 2.44. The molecule has 2 nitrogen and oxygen atoms in total. The zero-order valence-corrected chi connectivity index (χ0v) is 13.4. The van der Waals surface area contributed by atoms with Gasteiger partial charge >= 0.3 is 7.12 Å². The Hall–Kier alpha value is -0.535. The summed E-state index contributed by atoms with van der Waals surface area (Å²) in [6, 6.07) is 0. The predicted octanol–water partition coefficient (Wildman–Crippen LogP) is 4.88. The molecular formula is C15H31BO2. The van der Waals surface area contributed by atoms with E-state index in [0.29, 0.717) is 0 Å². The predicted molar refractivity (Wildman–Crippen MR) is 83.0 cm³/mol. The molecule has 0 aliphatic carbocycles. The summed E-state index contributed by atoms with van der Waals surface area (Å²) in [7, 11) is -0.0145. The van der Waals surface area contributed by atoms with Gasteiger partial charge in [-0.3, -0.25) is 0 Å². The molecule has 0 unspecified atom stereocenters. The van der Waals surface area contributed by atoms with Crippen LogP contribution in [0.1, 0.15) is 54.9 Å². The summed E-state index contributed by atoms with van der Waals surface area (Å²) in [6.45, 7) is 15.9. The average molecular weight is 254 g/mol. The van der Waals surface area contributed by atoms with Crippen molar-refractivity contribution in [2.24, 2.45) is 0 Å². The highest BCUT2D eigenvalue weighted by atomic mass is 16.6. The van der Waals surface area contributed by atoms with E-state index in [0.717, 1.165) is 26.0 Å². The minimum atomic E-state index is -0.0145. The summed E-state index contributed by atoms with van der Waals surface area (Å²) in [4.78, 5) is 0. The lowest BCUT2D eigenvalue weighted by Crippen LogP contribution is -2.11. The highest BCUT2D eigenvalue weighted by Gasteiger charge is 2.21. The van der Waals surface area contributed by atoms with Crippen LogP contribution in [0.5, 0.6) is 0 Å². The molecule has 0 aromatic rings. The fourth-order valence-electron chi connectivity index (χ4n) is 1.44. The fraction of sp³-hybridized carbons (Fsp3) is 0.733. The van der Waals surface area contributed by atoms with Crippen LogP contribution in [0.3, 0.4) is 0 Å². The summed E-state index contributed by atoms with van der Waals surface area (Å²) in [5, 5.41) is 0. The first kappa shape index (κ1) is 19.8. The minimum Gasteiger partial charge on any atom is -0.409 e. The number of hydrogen-bond donors (Lipinski definition) is 0. The smallest absolute Gasteiger partial charge is 0.409 e. The number of allylic oxidation sites excluding steroid dienone is 4. The van der Waals surface area contributed by atoms with Crippen molar-refractivity contribution in [1.82, 2.24) is 0 Å². The van der Waals surface area contributed by atoms with Crippen molar-refractivity contribution < 1.29 is 9.31 Å². The quantitative estimate of drug-likeness (QED) is 0.526. The molecule has 0 spiro atoms. The summed E-state index contributed by atoms with van der Waals surface area (Å²) in [5.41, 5.74) is 2.68. The molecule has 0 bridgehead atoms. The molecular weight excluding hydrogens is 223 g/mol. The van der Waals surface area contributed by atoms with Gasteiger partial charge < -0.3 is 9.31 Å². The first-order valence-corrected chi connectivity index (χ1v) is 7.31. The molecule has 3 heteroatoms. The largest absolute Gasteiger partial charge is 0.461 e. The van der Waals surface area contributed by atoms with Gasteiger partial charge in [0.2, 0.25) is 0 Å². The van der Waals surface area contributed by atoms with Crippen molar-refractivity contribution in [1.29, 1.82) is 0 Å². The van der Waals surface area contributed by atoms with Crippen LogP contribution in [0, 0.1) is 0 Å². The van der Waals surface area contributed by atoms with Gasteiger partial charge in [-0.1, -0.05) is 57.9 Å². The molecule has 0 N–H and O–H groups in total. The molecule has 0 radical (unpaired) electrons. The summed E-state index contributed by atoms with van der Waals surface area (Å²) < 4.78 is 10.7. The van der Waals surface area contributed by atoms with E-state index in [2.05, 4.69) is 32.9 Å². The van der Waals surface area contributed by atoms with Crippen LogP contribution in [0.4, 0.5) is 0 Å². The van der Waals surface area contributed by atoms with E-state index in [4.69, 9.17) is 9.31 Å². The van der Waals surface area contributed by atoms with E-state index in [-0.39, 0.29) is 7.12 Å². The molecule has 1 heterocycles. The second kappa shape index (κ2) is 14.5. The third kappa shape index (κ3) is 9.49. The third-order valence-corrected chi connectivity index (χ3v) is 2.44. The van der Waals surface area contributed by atoms with Crippen molar-refractivity contribution >= 4 is 7.12 Å². The fourth-order valence-corrected chi connectivity index (χ4v) is 1.44. The van der Waals surface area contributed by atoms with Crippen molar-refractivity contribution in [3.8, 4) is 0 Å². The Labute approximate surface area is 115 Å². The zero-order valence-electron chi connectivity index (χ0n) is 13.4. The maximum Gasteiger partial charge on any atom is 0.461 e. The van der Waals surface area contributed by atoms with E-state index in [1.807, 2.05) is 27.7 Å². The maximum atomic E-state index is 5.36. The van der Waals surface area contributed by atoms with Crippen molar-refractivity contribution in [2.45, 2.75) is 61.2 Å². The highest BCUT2D eigenvalue weighted by molar-refractivity contribution is 6.45. The second-order valence-electron chi connectivity index (χ2n) is 3.59. The van der Waals surface area contributed by atoms with Crippen LogP contribution in [-0.4, -0.2) is 20.3 Å². The van der Waals surface area contributed by atoms with Crippen LogP contribution < -0.4 is 0 Å². The molecule has 1 rings (SSSR count). The molecule has 1 aliphatic rings. The van der Waals surface area contributed by atoms with Gasteiger partial charge in [-0.15, -0.1) is 0 Å². The lowest BCUT2D eigenvalue weighted by molar-refractivity contribution is 0.365. The monoisotopic (exact) mass is 254 g/mol. The number of hydrogen-bond acceptors (Lipinski definition) is 2. The van der Waals surface area contributed by atoms with Crippen molar-refractivity contribution in [3.05, 3.63) is 23.3 Å². The van der Waals surface area contributed by atoms with E-state index >= 15 is 0 Å². The Kier molecular flexibility index (Phi) is 16.0. The van der Waals surface area contributed by atoms with Crippen molar-refractivity contribution in [2.75, 3.05) is 13.2 Å². The van der Waals surface area contributed by atoms with E-state index < -0.39 is 0 Å². The van der Waals surface area contributed by atoms with Gasteiger partial charge in [0.25, 0.3) is 0 Å². The van der Waals surface area contributed by atoms with Crippen LogP contribution in [0.2, 0.25) is 6.32 Å². The molecule has 1 aliphatic heterocycles. The molecule has 1 fully saturated rings. The van der Waals surface area contributed by atoms with Crippen molar-refractivity contribution in [3.63, 3.8) is 0 Å². The van der Waals surface area contributed by atoms with E-state index in [1.54, 1.807) is 0 Å². The standard InChI is InChI=1S/C11H19BO2.2C2H6/c1-4-5-10(2)11(3)6-7-12-13-8-9-14-12;2*1-2/h5-6H,4,7-9H2,1-3H3;2*1-2H3/b10-5-,11-6-;;. The topological polar surface area (TPSA) is 18.5 Å². The maximum absolute atomic E-state index is 5.36. The summed E-state index contributed by atoms with van der Waals surface area (Å²) in [6.07, 6.45) is 6.38. The Bertz CT molecular complexity index is 229. The first-order chi connectivity index (χ1) is 8.74. The van der Waals surface area contributed by atoms with Crippen LogP contribution in [-0.2, 0) is 9.31 Å². The van der Waals surface area contributed by atoms with Gasteiger partial charge in [0, 0.05) is 6.32 Å². The van der Waals surface area contributed by atoms with Gasteiger partial charge in [-0.05, 0) is 20.3 Å². The molecule has 106 valence electrons. The second-order valence-corrected chi connectivity index (χ2v) is 3.59. The zero-order chi connectivity index (χ0) is 14.4. The molecule has 1 saturated heterocycles. The minimum absolute atomic E-state index is 0.0145. The Morgan fingerprint density at radius 2 is 1.39 bits per heavy atom. The van der Waals surface area contributed by atoms with Gasteiger partial charge in [0.05, 0.1) is 13.2 Å². The van der Waals surface area contributed by atoms with Crippen LogP contribution in [0.15, 0.2) is 23.3 Å². The van der Waals surface area contributed by atoms with E-state index in [9.17, 15) is 0 Å². The highest BCUT2D eigenvalue weighted by Crippen LogP contribution is 2.13. The summed E-state index contributed by atoms with van der Waals surface area (Å²) >= 11 is 0. The molecule has 0 saturated carbocycles. The first-order valence-electron chi connectivity index (χ1n) is 7.31.